The van der Waals surface area contributed by atoms with E-state index in [1.165, 1.54) is 18.6 Å². The van der Waals surface area contributed by atoms with Crippen molar-refractivity contribution in [1.29, 1.82) is 0 Å². The van der Waals surface area contributed by atoms with Crippen molar-refractivity contribution in [3.63, 3.8) is 0 Å². The number of benzene rings is 1. The van der Waals surface area contributed by atoms with E-state index < -0.39 is 29.3 Å². The number of anilines is 2. The summed E-state index contributed by atoms with van der Waals surface area (Å²) in [6.45, 7) is 0. The van der Waals surface area contributed by atoms with E-state index in [0.717, 1.165) is 18.3 Å². The Morgan fingerprint density at radius 2 is 1.77 bits per heavy atom. The molecule has 3 N–H and O–H groups in total. The largest absolute Gasteiger partial charge is 0.420 e. The molecule has 0 unspecified atom stereocenters. The van der Waals surface area contributed by atoms with Gasteiger partial charge in [0.05, 0.1) is 40.6 Å². The van der Waals surface area contributed by atoms with Crippen molar-refractivity contribution < 1.29 is 22.4 Å². The van der Waals surface area contributed by atoms with Gasteiger partial charge in [-0.2, -0.15) is 23.4 Å². The molecule has 1 amide bonds. The summed E-state index contributed by atoms with van der Waals surface area (Å²) in [6.07, 6.45) is -0.175. The molecular weight excluding hydrogens is 581 g/mol. The number of nitrogens with one attached hydrogen (secondary N) is 1. The lowest BCUT2D eigenvalue weighted by Gasteiger charge is -2.15. The van der Waals surface area contributed by atoms with Crippen LogP contribution >= 0.6 is 39.1 Å². The highest BCUT2D eigenvalue weighted by atomic mass is 79.9. The van der Waals surface area contributed by atoms with Gasteiger partial charge >= 0.3 is 6.18 Å². The van der Waals surface area contributed by atoms with E-state index in [-0.39, 0.29) is 38.2 Å². The predicted octanol–water partition coefficient (Wildman–Crippen LogP) is 5.79. The SMILES string of the molecule is Nc1c(Cl)ncc(Br)c1-c1cc(Cl)c(C(=O)Nc2cnc(-n3nccn3)c(C(F)(F)F)c2)cc1F. The first-order chi connectivity index (χ1) is 16.5. The van der Waals surface area contributed by atoms with Gasteiger partial charge in [0, 0.05) is 21.8 Å². The Bertz CT molecular complexity index is 1450. The van der Waals surface area contributed by atoms with Gasteiger partial charge in [-0.05, 0) is 34.1 Å². The Hall–Kier alpha value is -3.29. The van der Waals surface area contributed by atoms with E-state index in [0.29, 0.717) is 15.3 Å². The first-order valence-electron chi connectivity index (χ1n) is 9.31. The molecule has 0 aliphatic heterocycles. The number of aromatic nitrogens is 5. The molecule has 3 aromatic heterocycles. The number of halogens is 7. The Balaban J connectivity index is 1.69. The average molecular weight is 591 g/mol. The molecule has 4 rings (SSSR count). The molecule has 0 bridgehead atoms. The number of carbonyl (C=O) groups excluding carboxylic acids is 1. The third-order valence-corrected chi connectivity index (χ3v) is 5.85. The number of rotatable bonds is 4. The monoisotopic (exact) mass is 589 g/mol. The third-order valence-electron chi connectivity index (χ3n) is 4.63. The van der Waals surface area contributed by atoms with E-state index in [9.17, 15) is 22.4 Å². The number of nitrogens with two attached hydrogens (primary N) is 1. The molecule has 15 heteroatoms. The second kappa shape index (κ2) is 9.40. The van der Waals surface area contributed by atoms with Gasteiger partial charge in [0.25, 0.3) is 5.91 Å². The highest BCUT2D eigenvalue weighted by molar-refractivity contribution is 9.10. The van der Waals surface area contributed by atoms with E-state index >= 15 is 0 Å². The predicted molar refractivity (Wildman–Crippen MR) is 124 cm³/mol. The van der Waals surface area contributed by atoms with Crippen LogP contribution < -0.4 is 11.1 Å². The molecule has 0 saturated carbocycles. The number of alkyl halides is 3. The van der Waals surface area contributed by atoms with Gasteiger partial charge in [0.2, 0.25) is 0 Å². The summed E-state index contributed by atoms with van der Waals surface area (Å²) < 4.78 is 56.0. The van der Waals surface area contributed by atoms with Crippen molar-refractivity contribution in [2.75, 3.05) is 11.1 Å². The molecule has 4 aromatic rings. The van der Waals surface area contributed by atoms with E-state index in [2.05, 4.69) is 41.4 Å². The molecule has 35 heavy (non-hydrogen) atoms. The third kappa shape index (κ3) is 4.92. The first-order valence-corrected chi connectivity index (χ1v) is 10.9. The van der Waals surface area contributed by atoms with E-state index in [1.807, 2.05) is 0 Å². The first kappa shape index (κ1) is 24.8. The summed E-state index contributed by atoms with van der Waals surface area (Å²) in [7, 11) is 0. The Morgan fingerprint density at radius 1 is 1.09 bits per heavy atom. The maximum Gasteiger partial charge on any atom is 0.420 e. The molecule has 0 saturated heterocycles. The lowest BCUT2D eigenvalue weighted by Crippen LogP contribution is -2.17. The summed E-state index contributed by atoms with van der Waals surface area (Å²) >= 11 is 15.3. The summed E-state index contributed by atoms with van der Waals surface area (Å²) in [5.74, 6) is -2.45. The van der Waals surface area contributed by atoms with Crippen LogP contribution in [-0.4, -0.2) is 30.9 Å². The highest BCUT2D eigenvalue weighted by Gasteiger charge is 2.36. The molecule has 8 nitrogen and oxygen atoms in total. The molecular formula is C20H10BrCl2F4N7O. The fourth-order valence-corrected chi connectivity index (χ4v) is 4.01. The summed E-state index contributed by atoms with van der Waals surface area (Å²) in [4.78, 5) is 21.0. The number of amides is 1. The van der Waals surface area contributed by atoms with Crippen LogP contribution in [0, 0.1) is 5.82 Å². The Morgan fingerprint density at radius 3 is 2.43 bits per heavy atom. The van der Waals surface area contributed by atoms with Crippen molar-refractivity contribution in [1.82, 2.24) is 25.0 Å². The maximum atomic E-state index is 15.0. The maximum absolute atomic E-state index is 15.0. The number of hydrogen-bond donors (Lipinski definition) is 2. The molecule has 0 atom stereocenters. The molecule has 0 spiro atoms. The lowest BCUT2D eigenvalue weighted by atomic mass is 10.0. The topological polar surface area (TPSA) is 112 Å². The Labute approximate surface area is 212 Å². The van der Waals surface area contributed by atoms with E-state index in [4.69, 9.17) is 28.9 Å². The standard InChI is InChI=1S/C20H10BrCl2F4N7O/c21-12-7-29-17(23)16(28)15(12)10-4-13(22)9(5-14(10)24)19(35)33-8-3-11(20(25,26)27)18(30-6-8)34-31-1-2-32-34/h1-7H,28H2,(H,33,35). The van der Waals surface area contributed by atoms with Gasteiger partial charge in [-0.1, -0.05) is 23.2 Å². The minimum Gasteiger partial charge on any atom is -0.396 e. The van der Waals surface area contributed by atoms with Crippen molar-refractivity contribution in [2.24, 2.45) is 0 Å². The average Bonchev–Trinajstić information content (AvgIpc) is 3.33. The fraction of sp³-hybridized carbons (Fsp3) is 0.0500. The summed E-state index contributed by atoms with van der Waals surface area (Å²) in [5, 5.41) is 9.26. The number of nitrogen functional groups attached to an aromatic ring is 1. The Kier molecular flexibility index (Phi) is 6.66. The minimum absolute atomic E-state index is 0.0225. The molecule has 0 aliphatic carbocycles. The van der Waals surface area contributed by atoms with Crippen LogP contribution in [0.25, 0.3) is 16.9 Å². The number of hydrogen-bond acceptors (Lipinski definition) is 6. The lowest BCUT2D eigenvalue weighted by molar-refractivity contribution is -0.137. The molecule has 0 fully saturated rings. The van der Waals surface area contributed by atoms with E-state index in [1.54, 1.807) is 0 Å². The van der Waals surface area contributed by atoms with Crippen LogP contribution in [0.1, 0.15) is 15.9 Å². The molecule has 0 aliphatic rings. The molecule has 0 radical (unpaired) electrons. The second-order valence-electron chi connectivity index (χ2n) is 6.86. The van der Waals surface area contributed by atoms with Crippen LogP contribution in [0.4, 0.5) is 28.9 Å². The van der Waals surface area contributed by atoms with Crippen molar-refractivity contribution in [3.05, 3.63) is 74.6 Å². The van der Waals surface area contributed by atoms with Gasteiger partial charge in [0.15, 0.2) is 11.0 Å². The van der Waals surface area contributed by atoms with Crippen molar-refractivity contribution in [2.45, 2.75) is 6.18 Å². The zero-order chi connectivity index (χ0) is 25.5. The van der Waals surface area contributed by atoms with Crippen LogP contribution in [0.5, 0.6) is 0 Å². The normalized spacial score (nSPS) is 11.5. The summed E-state index contributed by atoms with van der Waals surface area (Å²) in [5.41, 5.74) is 4.13. The van der Waals surface area contributed by atoms with Crippen molar-refractivity contribution in [3.8, 4) is 16.9 Å². The highest BCUT2D eigenvalue weighted by Crippen LogP contribution is 2.40. The second-order valence-corrected chi connectivity index (χ2v) is 8.48. The number of nitrogens with zero attached hydrogens (tertiary/aromatic N) is 5. The molecule has 3 heterocycles. The number of pyridine rings is 2. The minimum atomic E-state index is -4.83. The van der Waals surface area contributed by atoms with Crippen molar-refractivity contribution >= 4 is 56.4 Å². The van der Waals surface area contributed by atoms with Crippen LogP contribution in [-0.2, 0) is 6.18 Å². The summed E-state index contributed by atoms with van der Waals surface area (Å²) in [6, 6.07) is 2.62. The smallest absolute Gasteiger partial charge is 0.396 e. The van der Waals surface area contributed by atoms with Crippen LogP contribution in [0.2, 0.25) is 10.2 Å². The number of carbonyl (C=O) groups is 1. The van der Waals surface area contributed by atoms with Gasteiger partial charge < -0.3 is 11.1 Å². The van der Waals surface area contributed by atoms with Gasteiger partial charge in [-0.3, -0.25) is 4.79 Å². The zero-order valence-corrected chi connectivity index (χ0v) is 20.0. The van der Waals surface area contributed by atoms with Gasteiger partial charge in [-0.25, -0.2) is 14.4 Å². The quantitative estimate of drug-likeness (QED) is 0.230. The van der Waals surface area contributed by atoms with Crippen LogP contribution in [0.3, 0.4) is 0 Å². The van der Waals surface area contributed by atoms with Gasteiger partial charge in [-0.15, -0.1) is 4.80 Å². The zero-order valence-electron chi connectivity index (χ0n) is 16.9. The van der Waals surface area contributed by atoms with Crippen LogP contribution in [0.15, 0.2) is 47.5 Å². The molecule has 1 aromatic carbocycles. The van der Waals surface area contributed by atoms with Gasteiger partial charge in [0.1, 0.15) is 11.4 Å². The molecule has 180 valence electrons. The fourth-order valence-electron chi connectivity index (χ4n) is 3.08.